The molecular weight excluding hydrogens is 200 g/mol. The van der Waals surface area contributed by atoms with Gasteiger partial charge in [0.05, 0.1) is 0 Å². The molecule has 1 aliphatic rings. The maximum atomic E-state index is 10.6. The summed E-state index contributed by atoms with van der Waals surface area (Å²) in [5.41, 5.74) is 5.10. The highest BCUT2D eigenvalue weighted by atomic mass is 16.1. The molecule has 0 saturated heterocycles. The lowest BCUT2D eigenvalue weighted by molar-refractivity contribution is -0.118. The van der Waals surface area contributed by atoms with Crippen LogP contribution in [0.1, 0.15) is 52.4 Å². The second-order valence-electron chi connectivity index (χ2n) is 5.29. The van der Waals surface area contributed by atoms with E-state index in [4.69, 9.17) is 5.73 Å². The van der Waals surface area contributed by atoms with Crippen LogP contribution in [0.2, 0.25) is 0 Å². The summed E-state index contributed by atoms with van der Waals surface area (Å²) in [6.45, 7) is 5.71. The number of carbonyl (C=O) groups excluding carboxylic acids is 1. The van der Waals surface area contributed by atoms with Crippen LogP contribution in [0.4, 0.5) is 0 Å². The summed E-state index contributed by atoms with van der Waals surface area (Å²) in [5, 5.41) is 3.64. The fourth-order valence-corrected chi connectivity index (χ4v) is 2.78. The average molecular weight is 226 g/mol. The Bertz CT molecular complexity index is 208. The number of amides is 1. The number of nitrogens with one attached hydrogen (secondary N) is 1. The zero-order chi connectivity index (χ0) is 12.0. The molecule has 3 nitrogen and oxygen atoms in total. The van der Waals surface area contributed by atoms with Gasteiger partial charge in [-0.05, 0) is 44.1 Å². The fourth-order valence-electron chi connectivity index (χ4n) is 2.78. The van der Waals surface area contributed by atoms with Crippen molar-refractivity contribution in [1.29, 1.82) is 0 Å². The summed E-state index contributed by atoms with van der Waals surface area (Å²) >= 11 is 0. The van der Waals surface area contributed by atoms with Crippen LogP contribution in [0.25, 0.3) is 0 Å². The Morgan fingerprint density at radius 2 is 1.88 bits per heavy atom. The van der Waals surface area contributed by atoms with Crippen LogP contribution >= 0.6 is 0 Å². The van der Waals surface area contributed by atoms with Crippen LogP contribution in [-0.4, -0.2) is 18.5 Å². The van der Waals surface area contributed by atoms with Crippen molar-refractivity contribution >= 4 is 5.91 Å². The van der Waals surface area contributed by atoms with Gasteiger partial charge in [-0.15, -0.1) is 0 Å². The highest BCUT2D eigenvalue weighted by molar-refractivity contribution is 5.73. The molecule has 1 aliphatic carbocycles. The van der Waals surface area contributed by atoms with Crippen molar-refractivity contribution in [2.75, 3.05) is 6.54 Å². The molecule has 2 unspecified atom stereocenters. The molecule has 0 aromatic rings. The molecule has 1 rings (SSSR count). The fraction of sp³-hybridized carbons (Fsp3) is 0.923. The van der Waals surface area contributed by atoms with E-state index in [1.165, 1.54) is 19.3 Å². The number of unbranched alkanes of at least 4 members (excludes halogenated alkanes) is 1. The zero-order valence-electron chi connectivity index (χ0n) is 10.7. The molecule has 3 heteroatoms. The molecule has 0 aromatic carbocycles. The van der Waals surface area contributed by atoms with E-state index in [0.29, 0.717) is 12.5 Å². The van der Waals surface area contributed by atoms with Crippen molar-refractivity contribution in [3.63, 3.8) is 0 Å². The SMILES string of the molecule is CC1CCCC(C)C1NCCCCC(N)=O. The van der Waals surface area contributed by atoms with E-state index < -0.39 is 0 Å². The first-order valence-corrected chi connectivity index (χ1v) is 6.63. The lowest BCUT2D eigenvalue weighted by Crippen LogP contribution is -2.43. The number of hydrogen-bond donors (Lipinski definition) is 2. The van der Waals surface area contributed by atoms with Gasteiger partial charge < -0.3 is 11.1 Å². The molecule has 16 heavy (non-hydrogen) atoms. The van der Waals surface area contributed by atoms with Crippen LogP contribution < -0.4 is 11.1 Å². The quantitative estimate of drug-likeness (QED) is 0.681. The van der Waals surface area contributed by atoms with Gasteiger partial charge in [0.25, 0.3) is 0 Å². The lowest BCUT2D eigenvalue weighted by atomic mass is 9.79. The van der Waals surface area contributed by atoms with Crippen molar-refractivity contribution in [2.24, 2.45) is 17.6 Å². The molecule has 0 aromatic heterocycles. The van der Waals surface area contributed by atoms with Crippen LogP contribution in [0, 0.1) is 11.8 Å². The first-order chi connectivity index (χ1) is 7.61. The van der Waals surface area contributed by atoms with Gasteiger partial charge in [-0.25, -0.2) is 0 Å². The Hall–Kier alpha value is -0.570. The summed E-state index contributed by atoms with van der Waals surface area (Å²) in [7, 11) is 0. The highest BCUT2D eigenvalue weighted by Crippen LogP contribution is 2.28. The number of primary amides is 1. The van der Waals surface area contributed by atoms with Crippen molar-refractivity contribution in [3.8, 4) is 0 Å². The predicted molar refractivity (Wildman–Crippen MR) is 67.0 cm³/mol. The Morgan fingerprint density at radius 3 is 2.44 bits per heavy atom. The van der Waals surface area contributed by atoms with Crippen LogP contribution in [0.3, 0.4) is 0 Å². The van der Waals surface area contributed by atoms with Gasteiger partial charge in [0.1, 0.15) is 0 Å². The summed E-state index contributed by atoms with van der Waals surface area (Å²) < 4.78 is 0. The summed E-state index contributed by atoms with van der Waals surface area (Å²) in [4.78, 5) is 10.6. The predicted octanol–water partition coefficient (Wildman–Crippen LogP) is 2.06. The zero-order valence-corrected chi connectivity index (χ0v) is 10.7. The van der Waals surface area contributed by atoms with Crippen molar-refractivity contribution in [2.45, 2.75) is 58.4 Å². The molecule has 1 saturated carbocycles. The van der Waals surface area contributed by atoms with Gasteiger partial charge >= 0.3 is 0 Å². The van der Waals surface area contributed by atoms with E-state index in [1.54, 1.807) is 0 Å². The van der Waals surface area contributed by atoms with Gasteiger partial charge in [-0.2, -0.15) is 0 Å². The molecule has 94 valence electrons. The van der Waals surface area contributed by atoms with E-state index in [1.807, 2.05) is 0 Å². The standard InChI is InChI=1S/C13H26N2O/c1-10-6-5-7-11(2)13(10)15-9-4-3-8-12(14)16/h10-11,13,15H,3-9H2,1-2H3,(H2,14,16). The lowest BCUT2D eigenvalue weighted by Gasteiger charge is -2.35. The molecule has 1 amide bonds. The maximum Gasteiger partial charge on any atom is 0.217 e. The van der Waals surface area contributed by atoms with Crippen LogP contribution in [0.15, 0.2) is 0 Å². The topological polar surface area (TPSA) is 55.1 Å². The smallest absolute Gasteiger partial charge is 0.217 e. The summed E-state index contributed by atoms with van der Waals surface area (Å²) in [5.74, 6) is 1.40. The Kier molecular flexibility index (Phi) is 5.81. The monoisotopic (exact) mass is 226 g/mol. The van der Waals surface area contributed by atoms with E-state index in [2.05, 4.69) is 19.2 Å². The number of rotatable bonds is 6. The van der Waals surface area contributed by atoms with Gasteiger partial charge in [0.15, 0.2) is 0 Å². The minimum Gasteiger partial charge on any atom is -0.370 e. The molecule has 1 fully saturated rings. The van der Waals surface area contributed by atoms with E-state index >= 15 is 0 Å². The van der Waals surface area contributed by atoms with Gasteiger partial charge in [0.2, 0.25) is 5.91 Å². The Balaban J connectivity index is 2.13. The largest absolute Gasteiger partial charge is 0.370 e. The molecular formula is C13H26N2O. The van der Waals surface area contributed by atoms with Crippen LogP contribution in [0.5, 0.6) is 0 Å². The number of nitrogens with two attached hydrogens (primary N) is 1. The minimum atomic E-state index is -0.181. The van der Waals surface area contributed by atoms with Gasteiger partial charge in [0, 0.05) is 12.5 Å². The van der Waals surface area contributed by atoms with Crippen molar-refractivity contribution < 1.29 is 4.79 Å². The normalized spacial score (nSPS) is 30.2. The number of hydrogen-bond acceptors (Lipinski definition) is 2. The third-order valence-electron chi connectivity index (χ3n) is 3.78. The minimum absolute atomic E-state index is 0.181. The van der Waals surface area contributed by atoms with E-state index in [9.17, 15) is 4.79 Å². The van der Waals surface area contributed by atoms with Crippen LogP contribution in [-0.2, 0) is 4.79 Å². The van der Waals surface area contributed by atoms with Gasteiger partial charge in [-0.3, -0.25) is 4.79 Å². The molecule has 2 atom stereocenters. The molecule has 0 spiro atoms. The summed E-state index contributed by atoms with van der Waals surface area (Å²) in [6, 6.07) is 0.669. The molecule has 0 bridgehead atoms. The third kappa shape index (κ3) is 4.52. The van der Waals surface area contributed by atoms with Crippen molar-refractivity contribution in [1.82, 2.24) is 5.32 Å². The Morgan fingerprint density at radius 1 is 1.25 bits per heavy atom. The number of carbonyl (C=O) groups is 1. The molecule has 3 N–H and O–H groups in total. The summed E-state index contributed by atoms with van der Waals surface area (Å²) in [6.07, 6.45) is 6.57. The van der Waals surface area contributed by atoms with Gasteiger partial charge in [-0.1, -0.05) is 20.3 Å². The second kappa shape index (κ2) is 6.89. The second-order valence-corrected chi connectivity index (χ2v) is 5.29. The van der Waals surface area contributed by atoms with E-state index in [-0.39, 0.29) is 5.91 Å². The first kappa shape index (κ1) is 13.5. The molecule has 0 aliphatic heterocycles. The maximum absolute atomic E-state index is 10.6. The highest BCUT2D eigenvalue weighted by Gasteiger charge is 2.26. The van der Waals surface area contributed by atoms with Crippen molar-refractivity contribution in [3.05, 3.63) is 0 Å². The third-order valence-corrected chi connectivity index (χ3v) is 3.78. The molecule has 0 heterocycles. The molecule has 0 radical (unpaired) electrons. The Labute approximate surface area is 99.2 Å². The first-order valence-electron chi connectivity index (χ1n) is 6.63. The van der Waals surface area contributed by atoms with E-state index in [0.717, 1.165) is 31.2 Å². The average Bonchev–Trinajstić information content (AvgIpc) is 2.21.